The number of anilines is 1. The zero-order valence-electron chi connectivity index (χ0n) is 16.6. The molecule has 0 saturated carbocycles. The van der Waals surface area contributed by atoms with Crippen LogP contribution in [0.15, 0.2) is 30.6 Å². The maximum Gasteiger partial charge on any atom is 0.348 e. The second-order valence-corrected chi connectivity index (χ2v) is 8.05. The van der Waals surface area contributed by atoms with Crippen LogP contribution in [-0.4, -0.2) is 45.9 Å². The van der Waals surface area contributed by atoms with Gasteiger partial charge < -0.3 is 15.0 Å². The quantitative estimate of drug-likeness (QED) is 0.605. The number of rotatable bonds is 6. The lowest BCUT2D eigenvalue weighted by atomic mass is 10.2. The summed E-state index contributed by atoms with van der Waals surface area (Å²) in [6.07, 6.45) is 2.05. The first-order chi connectivity index (χ1) is 14.5. The smallest absolute Gasteiger partial charge is 0.348 e. The Balaban J connectivity index is 1.53. The molecule has 1 aromatic carbocycles. The lowest BCUT2D eigenvalue weighted by molar-refractivity contribution is -0.128. The first-order valence-electron chi connectivity index (χ1n) is 9.69. The average molecular weight is 428 g/mol. The van der Waals surface area contributed by atoms with Crippen LogP contribution in [-0.2, 0) is 16.1 Å². The van der Waals surface area contributed by atoms with E-state index in [9.17, 15) is 14.0 Å². The summed E-state index contributed by atoms with van der Waals surface area (Å²) < 4.78 is 18.2. The molecule has 2 aromatic heterocycles. The number of fused-ring (bicyclic) bond motifs is 1. The molecule has 1 aliphatic rings. The summed E-state index contributed by atoms with van der Waals surface area (Å²) in [7, 11) is 0. The van der Waals surface area contributed by atoms with E-state index in [0.29, 0.717) is 41.6 Å². The molecule has 0 radical (unpaired) electrons. The normalized spacial score (nSPS) is 16.3. The van der Waals surface area contributed by atoms with E-state index >= 15 is 0 Å². The number of ether oxygens (including phenoxy) is 1. The fourth-order valence-electron chi connectivity index (χ4n) is 3.58. The Kier molecular flexibility index (Phi) is 5.63. The number of carbonyl (C=O) groups excluding carboxylic acids is 2. The van der Waals surface area contributed by atoms with Gasteiger partial charge in [0, 0.05) is 13.1 Å². The minimum Gasteiger partial charge on any atom is -0.462 e. The standard InChI is InChI=1S/C21H21FN4O3S/c1-3-29-21(28)17-12(2)16-18(23-11-24-19(16)30-17)25-15-8-9-26(20(15)27)10-13-4-6-14(22)7-5-13/h4-7,11,15H,3,8-10H2,1-2H3,(H,23,24,25). The molecule has 0 bridgehead atoms. The first-order valence-corrected chi connectivity index (χ1v) is 10.5. The summed E-state index contributed by atoms with van der Waals surface area (Å²) in [6, 6.07) is 5.73. The topological polar surface area (TPSA) is 84.4 Å². The van der Waals surface area contributed by atoms with Crippen LogP contribution in [0.2, 0.25) is 0 Å². The molecule has 0 aliphatic carbocycles. The number of esters is 1. The Hall–Kier alpha value is -3.07. The van der Waals surface area contributed by atoms with Gasteiger partial charge in [0.25, 0.3) is 0 Å². The monoisotopic (exact) mass is 428 g/mol. The maximum atomic E-state index is 13.1. The predicted octanol–water partition coefficient (Wildman–Crippen LogP) is 3.53. The lowest BCUT2D eigenvalue weighted by Crippen LogP contribution is -2.33. The van der Waals surface area contributed by atoms with E-state index in [0.717, 1.165) is 16.5 Å². The molecule has 1 aliphatic heterocycles. The van der Waals surface area contributed by atoms with Crippen LogP contribution in [0.1, 0.15) is 34.1 Å². The van der Waals surface area contributed by atoms with E-state index in [1.54, 1.807) is 24.0 Å². The number of amides is 1. The van der Waals surface area contributed by atoms with Crippen molar-refractivity contribution in [3.8, 4) is 0 Å². The van der Waals surface area contributed by atoms with Crippen molar-refractivity contribution < 1.29 is 18.7 Å². The second kappa shape index (κ2) is 8.35. The van der Waals surface area contributed by atoms with Crippen LogP contribution < -0.4 is 5.32 Å². The molecular weight excluding hydrogens is 407 g/mol. The van der Waals surface area contributed by atoms with Crippen molar-refractivity contribution in [3.63, 3.8) is 0 Å². The molecule has 4 rings (SSSR count). The Labute approximate surface area is 176 Å². The molecule has 1 amide bonds. The van der Waals surface area contributed by atoms with Crippen molar-refractivity contribution in [2.75, 3.05) is 18.5 Å². The number of carbonyl (C=O) groups is 2. The zero-order chi connectivity index (χ0) is 21.3. The average Bonchev–Trinajstić information content (AvgIpc) is 3.25. The van der Waals surface area contributed by atoms with Gasteiger partial charge in [-0.2, -0.15) is 0 Å². The van der Waals surface area contributed by atoms with Crippen LogP contribution in [0.3, 0.4) is 0 Å². The molecule has 9 heteroatoms. The summed E-state index contributed by atoms with van der Waals surface area (Å²) >= 11 is 1.26. The number of benzene rings is 1. The number of nitrogens with zero attached hydrogens (tertiary/aromatic N) is 3. The highest BCUT2D eigenvalue weighted by Gasteiger charge is 2.32. The molecule has 0 spiro atoms. The Morgan fingerprint density at radius 2 is 2.10 bits per heavy atom. The minimum absolute atomic E-state index is 0.0374. The van der Waals surface area contributed by atoms with Gasteiger partial charge in [-0.05, 0) is 43.5 Å². The fraction of sp³-hybridized carbons (Fsp3) is 0.333. The number of aryl methyl sites for hydroxylation is 1. The SMILES string of the molecule is CCOC(=O)c1sc2ncnc(NC3CCN(Cc4ccc(F)cc4)C3=O)c2c1C. The van der Waals surface area contributed by atoms with Crippen molar-refractivity contribution in [2.45, 2.75) is 32.9 Å². The maximum absolute atomic E-state index is 13.1. The highest BCUT2D eigenvalue weighted by Crippen LogP contribution is 2.34. The molecule has 7 nitrogen and oxygen atoms in total. The van der Waals surface area contributed by atoms with Crippen molar-refractivity contribution in [2.24, 2.45) is 0 Å². The third kappa shape index (κ3) is 3.85. The fourth-order valence-corrected chi connectivity index (χ4v) is 4.62. The van der Waals surface area contributed by atoms with Gasteiger partial charge in [0.05, 0.1) is 12.0 Å². The van der Waals surface area contributed by atoms with Gasteiger partial charge in [-0.1, -0.05) is 12.1 Å². The molecule has 156 valence electrons. The van der Waals surface area contributed by atoms with E-state index in [1.807, 2.05) is 6.92 Å². The molecule has 3 heterocycles. The van der Waals surface area contributed by atoms with Gasteiger partial charge >= 0.3 is 5.97 Å². The number of hydrogen-bond acceptors (Lipinski definition) is 7. The van der Waals surface area contributed by atoms with Crippen molar-refractivity contribution in [1.29, 1.82) is 0 Å². The van der Waals surface area contributed by atoms with Crippen LogP contribution in [0.4, 0.5) is 10.2 Å². The first kappa shape index (κ1) is 20.2. The third-order valence-electron chi connectivity index (χ3n) is 5.08. The number of likely N-dealkylation sites (tertiary alicyclic amines) is 1. The van der Waals surface area contributed by atoms with E-state index < -0.39 is 6.04 Å². The number of halogens is 1. The molecule has 1 saturated heterocycles. The summed E-state index contributed by atoms with van der Waals surface area (Å²) in [5.41, 5.74) is 1.62. The largest absolute Gasteiger partial charge is 0.462 e. The third-order valence-corrected chi connectivity index (χ3v) is 6.26. The Morgan fingerprint density at radius 1 is 1.33 bits per heavy atom. The van der Waals surface area contributed by atoms with Crippen LogP contribution >= 0.6 is 11.3 Å². The van der Waals surface area contributed by atoms with Gasteiger partial charge in [-0.25, -0.2) is 19.2 Å². The summed E-state index contributed by atoms with van der Waals surface area (Å²) in [5.74, 6) is -0.186. The van der Waals surface area contributed by atoms with Crippen molar-refractivity contribution >= 4 is 39.2 Å². The second-order valence-electron chi connectivity index (χ2n) is 7.05. The van der Waals surface area contributed by atoms with E-state index in [4.69, 9.17) is 4.74 Å². The number of aromatic nitrogens is 2. The van der Waals surface area contributed by atoms with Crippen molar-refractivity contribution in [3.05, 3.63) is 52.4 Å². The summed E-state index contributed by atoms with van der Waals surface area (Å²) in [4.78, 5) is 36.6. The van der Waals surface area contributed by atoms with Crippen LogP contribution in [0, 0.1) is 12.7 Å². The van der Waals surface area contributed by atoms with E-state index in [2.05, 4.69) is 15.3 Å². The Morgan fingerprint density at radius 3 is 2.83 bits per heavy atom. The van der Waals surface area contributed by atoms with Crippen LogP contribution in [0.25, 0.3) is 10.2 Å². The predicted molar refractivity (Wildman–Crippen MR) is 112 cm³/mol. The number of nitrogens with one attached hydrogen (secondary N) is 1. The van der Waals surface area contributed by atoms with Gasteiger partial charge in [0.2, 0.25) is 5.91 Å². The Bertz CT molecular complexity index is 1100. The highest BCUT2D eigenvalue weighted by atomic mass is 32.1. The van der Waals surface area contributed by atoms with Crippen LogP contribution in [0.5, 0.6) is 0 Å². The van der Waals surface area contributed by atoms with Gasteiger partial charge in [0.15, 0.2) is 0 Å². The van der Waals surface area contributed by atoms with Crippen molar-refractivity contribution in [1.82, 2.24) is 14.9 Å². The molecule has 3 aromatic rings. The number of hydrogen-bond donors (Lipinski definition) is 1. The van der Waals surface area contributed by atoms with Gasteiger partial charge in [0.1, 0.15) is 33.7 Å². The van der Waals surface area contributed by atoms with E-state index in [1.165, 1.54) is 29.8 Å². The molecule has 1 atom stereocenters. The zero-order valence-corrected chi connectivity index (χ0v) is 17.5. The molecular formula is C21H21FN4O3S. The lowest BCUT2D eigenvalue weighted by Gasteiger charge is -2.18. The molecule has 1 fully saturated rings. The molecule has 30 heavy (non-hydrogen) atoms. The van der Waals surface area contributed by atoms with Gasteiger partial charge in [-0.3, -0.25) is 4.79 Å². The van der Waals surface area contributed by atoms with Gasteiger partial charge in [-0.15, -0.1) is 11.3 Å². The number of thiophene rings is 1. The highest BCUT2D eigenvalue weighted by molar-refractivity contribution is 7.20. The molecule has 1 N–H and O–H groups in total. The summed E-state index contributed by atoms with van der Waals surface area (Å²) in [5, 5.41) is 3.97. The van der Waals surface area contributed by atoms with E-state index in [-0.39, 0.29) is 17.7 Å². The minimum atomic E-state index is -0.422. The summed E-state index contributed by atoms with van der Waals surface area (Å²) in [6.45, 7) is 4.91. The molecule has 1 unspecified atom stereocenters.